The maximum absolute atomic E-state index is 12.7. The Morgan fingerprint density at radius 3 is 2.97 bits per heavy atom. The number of piperidine rings is 1. The molecule has 0 spiro atoms. The second kappa shape index (κ2) is 8.14. The summed E-state index contributed by atoms with van der Waals surface area (Å²) in [6.45, 7) is 2.19. The van der Waals surface area contributed by atoms with Crippen LogP contribution < -0.4 is 10.2 Å². The summed E-state index contributed by atoms with van der Waals surface area (Å²) in [6, 6.07) is 16.4. The molecule has 1 atom stereocenters. The Morgan fingerprint density at radius 2 is 2.00 bits per heavy atom. The van der Waals surface area contributed by atoms with E-state index >= 15 is 0 Å². The summed E-state index contributed by atoms with van der Waals surface area (Å²) in [5, 5.41) is 6.72. The fraction of sp³-hybridized carbons (Fsp3) is 0.292. The summed E-state index contributed by atoms with van der Waals surface area (Å²) in [4.78, 5) is 27.0. The van der Waals surface area contributed by atoms with Crippen LogP contribution in [0.15, 0.2) is 61.1 Å². The first kappa shape index (κ1) is 18.6. The van der Waals surface area contributed by atoms with Crippen molar-refractivity contribution >= 4 is 39.1 Å². The normalized spacial score (nSPS) is 16.8. The minimum absolute atomic E-state index is 0.254. The number of benzene rings is 2. The molecular weight excluding hydrogens is 374 g/mol. The molecule has 3 heterocycles. The van der Waals surface area contributed by atoms with E-state index in [-0.39, 0.29) is 5.78 Å². The van der Waals surface area contributed by atoms with Gasteiger partial charge in [-0.15, -0.1) is 0 Å². The monoisotopic (exact) mass is 399 g/mol. The molecular formula is C24H25N5O. The molecule has 2 aromatic carbocycles. The summed E-state index contributed by atoms with van der Waals surface area (Å²) in [5.74, 6) is 1.57. The summed E-state index contributed by atoms with van der Waals surface area (Å²) in [6.07, 6.45) is 6.25. The Labute approximate surface area is 175 Å². The smallest absolute Gasteiger partial charge is 0.152 e. The third kappa shape index (κ3) is 3.73. The standard InChI is InChI=1S/C24H25N5O/c30-19(14-26-22-9-3-7-18-6-1-2-8-20(18)22)13-17-5-4-12-29(15-17)24-21-10-11-25-23(21)27-16-28-24/h1-3,6-11,16-17,26H,4-5,12-15H2,(H,25,27,28)/t17-/m0/s1. The quantitative estimate of drug-likeness (QED) is 0.503. The highest BCUT2D eigenvalue weighted by Crippen LogP contribution is 2.28. The lowest BCUT2D eigenvalue weighted by Gasteiger charge is -2.33. The zero-order valence-electron chi connectivity index (χ0n) is 16.8. The van der Waals surface area contributed by atoms with Crippen molar-refractivity contribution < 1.29 is 4.79 Å². The van der Waals surface area contributed by atoms with Crippen LogP contribution in [0.25, 0.3) is 21.8 Å². The van der Waals surface area contributed by atoms with E-state index in [1.54, 1.807) is 6.33 Å². The molecule has 2 N–H and O–H groups in total. The van der Waals surface area contributed by atoms with E-state index in [4.69, 9.17) is 0 Å². The van der Waals surface area contributed by atoms with E-state index in [0.717, 1.165) is 53.9 Å². The molecule has 1 aliphatic rings. The van der Waals surface area contributed by atoms with Crippen molar-refractivity contribution in [3.05, 3.63) is 61.1 Å². The molecule has 0 aliphatic carbocycles. The summed E-state index contributed by atoms with van der Waals surface area (Å²) < 4.78 is 0. The largest absolute Gasteiger partial charge is 0.377 e. The first-order valence-electron chi connectivity index (χ1n) is 10.5. The highest BCUT2D eigenvalue weighted by atomic mass is 16.1. The molecule has 2 aromatic heterocycles. The van der Waals surface area contributed by atoms with E-state index in [2.05, 4.69) is 43.4 Å². The Bertz CT molecular complexity index is 1180. The number of nitrogens with one attached hydrogen (secondary N) is 2. The van der Waals surface area contributed by atoms with Gasteiger partial charge in [0.15, 0.2) is 5.78 Å². The van der Waals surface area contributed by atoms with Crippen molar-refractivity contribution in [2.45, 2.75) is 19.3 Å². The molecule has 0 amide bonds. The van der Waals surface area contributed by atoms with Gasteiger partial charge in [0, 0.05) is 36.8 Å². The fourth-order valence-electron chi connectivity index (χ4n) is 4.50. The molecule has 1 fully saturated rings. The number of aromatic amines is 1. The van der Waals surface area contributed by atoms with Gasteiger partial charge < -0.3 is 15.2 Å². The van der Waals surface area contributed by atoms with Gasteiger partial charge in [-0.2, -0.15) is 0 Å². The molecule has 0 unspecified atom stereocenters. The van der Waals surface area contributed by atoms with Crippen LogP contribution in [0.1, 0.15) is 19.3 Å². The first-order valence-corrected chi connectivity index (χ1v) is 10.5. The van der Waals surface area contributed by atoms with Gasteiger partial charge in [0.2, 0.25) is 0 Å². The van der Waals surface area contributed by atoms with Crippen LogP contribution in [0.4, 0.5) is 11.5 Å². The Kier molecular flexibility index (Phi) is 5.05. The fourth-order valence-corrected chi connectivity index (χ4v) is 4.50. The topological polar surface area (TPSA) is 73.9 Å². The Hall–Kier alpha value is -3.41. The number of Topliss-reactive ketones (excluding diaryl/α,β-unsaturated/α-hetero) is 1. The maximum Gasteiger partial charge on any atom is 0.152 e. The van der Waals surface area contributed by atoms with Gasteiger partial charge >= 0.3 is 0 Å². The highest BCUT2D eigenvalue weighted by molar-refractivity contribution is 5.95. The van der Waals surface area contributed by atoms with Crippen molar-refractivity contribution in [1.82, 2.24) is 15.0 Å². The van der Waals surface area contributed by atoms with E-state index in [0.29, 0.717) is 18.9 Å². The average Bonchev–Trinajstić information content (AvgIpc) is 3.27. The van der Waals surface area contributed by atoms with Crippen LogP contribution in [-0.2, 0) is 4.79 Å². The Morgan fingerprint density at radius 1 is 1.10 bits per heavy atom. The number of ketones is 1. The molecule has 1 saturated heterocycles. The van der Waals surface area contributed by atoms with Gasteiger partial charge in [-0.1, -0.05) is 36.4 Å². The van der Waals surface area contributed by atoms with Gasteiger partial charge in [-0.3, -0.25) is 4.79 Å². The van der Waals surface area contributed by atoms with Crippen LogP contribution >= 0.6 is 0 Å². The van der Waals surface area contributed by atoms with Crippen LogP contribution in [0, 0.1) is 5.92 Å². The van der Waals surface area contributed by atoms with Gasteiger partial charge in [-0.05, 0) is 36.3 Å². The number of H-pyrrole nitrogens is 1. The lowest BCUT2D eigenvalue weighted by molar-refractivity contribution is -0.118. The van der Waals surface area contributed by atoms with E-state index in [1.165, 1.54) is 5.39 Å². The maximum atomic E-state index is 12.7. The molecule has 152 valence electrons. The van der Waals surface area contributed by atoms with Crippen molar-refractivity contribution in [3.8, 4) is 0 Å². The number of aromatic nitrogens is 3. The number of carbonyl (C=O) groups is 1. The van der Waals surface area contributed by atoms with E-state index < -0.39 is 0 Å². The number of rotatable bonds is 6. The highest BCUT2D eigenvalue weighted by Gasteiger charge is 2.24. The average molecular weight is 399 g/mol. The zero-order valence-corrected chi connectivity index (χ0v) is 16.8. The number of fused-ring (bicyclic) bond motifs is 2. The van der Waals surface area contributed by atoms with Crippen LogP contribution in [0.3, 0.4) is 0 Å². The van der Waals surface area contributed by atoms with Crippen molar-refractivity contribution in [3.63, 3.8) is 0 Å². The van der Waals surface area contributed by atoms with E-state index in [9.17, 15) is 4.79 Å². The molecule has 0 radical (unpaired) electrons. The van der Waals surface area contributed by atoms with Crippen LogP contribution in [-0.4, -0.2) is 40.4 Å². The first-order chi connectivity index (χ1) is 14.8. The van der Waals surface area contributed by atoms with Gasteiger partial charge in [-0.25, -0.2) is 9.97 Å². The summed E-state index contributed by atoms with van der Waals surface area (Å²) in [7, 11) is 0. The SMILES string of the molecule is O=C(CNc1cccc2ccccc12)C[C@@H]1CCCN(c2ncnc3[nH]ccc23)C1. The van der Waals surface area contributed by atoms with Gasteiger partial charge in [0.25, 0.3) is 0 Å². The zero-order chi connectivity index (χ0) is 20.3. The number of carbonyl (C=O) groups excluding carboxylic acids is 1. The predicted molar refractivity (Wildman–Crippen MR) is 121 cm³/mol. The molecule has 0 saturated carbocycles. The van der Waals surface area contributed by atoms with Gasteiger partial charge in [0.1, 0.15) is 17.8 Å². The second-order valence-electron chi connectivity index (χ2n) is 8.01. The number of hydrogen-bond acceptors (Lipinski definition) is 5. The van der Waals surface area contributed by atoms with Crippen molar-refractivity contribution in [2.75, 3.05) is 29.9 Å². The molecule has 6 heteroatoms. The lowest BCUT2D eigenvalue weighted by atomic mass is 9.92. The minimum atomic E-state index is 0.254. The van der Waals surface area contributed by atoms with E-state index in [1.807, 2.05) is 36.5 Å². The Balaban J connectivity index is 1.22. The number of hydrogen-bond donors (Lipinski definition) is 2. The molecule has 5 rings (SSSR count). The predicted octanol–water partition coefficient (Wildman–Crippen LogP) is 4.40. The third-order valence-electron chi connectivity index (χ3n) is 5.93. The number of nitrogens with zero attached hydrogens (tertiary/aromatic N) is 3. The molecule has 30 heavy (non-hydrogen) atoms. The molecule has 0 bridgehead atoms. The summed E-state index contributed by atoms with van der Waals surface area (Å²) in [5.41, 5.74) is 1.88. The van der Waals surface area contributed by atoms with Crippen LogP contribution in [0.5, 0.6) is 0 Å². The minimum Gasteiger partial charge on any atom is -0.377 e. The second-order valence-corrected chi connectivity index (χ2v) is 8.01. The number of anilines is 2. The van der Waals surface area contributed by atoms with Crippen molar-refractivity contribution in [1.29, 1.82) is 0 Å². The third-order valence-corrected chi connectivity index (χ3v) is 5.93. The molecule has 4 aromatic rings. The summed E-state index contributed by atoms with van der Waals surface area (Å²) >= 11 is 0. The van der Waals surface area contributed by atoms with Crippen molar-refractivity contribution in [2.24, 2.45) is 5.92 Å². The van der Waals surface area contributed by atoms with Gasteiger partial charge in [0.05, 0.1) is 11.9 Å². The van der Waals surface area contributed by atoms with Crippen LogP contribution in [0.2, 0.25) is 0 Å². The molecule has 1 aliphatic heterocycles. The lowest BCUT2D eigenvalue weighted by Crippen LogP contribution is -2.37. The molecule has 6 nitrogen and oxygen atoms in total.